The number of benzene rings is 2. The number of pyridine rings is 1. The van der Waals surface area contributed by atoms with Gasteiger partial charge in [0.1, 0.15) is 0 Å². The van der Waals surface area contributed by atoms with Crippen LogP contribution in [-0.4, -0.2) is 23.5 Å². The molecule has 0 bridgehead atoms. The van der Waals surface area contributed by atoms with E-state index in [1.807, 2.05) is 42.5 Å². The van der Waals surface area contributed by atoms with Crippen LogP contribution in [0.4, 0.5) is 0 Å². The smallest absolute Gasteiger partial charge is 0.338 e. The molecule has 0 spiro atoms. The van der Waals surface area contributed by atoms with Gasteiger partial charge in [-0.3, -0.25) is 9.78 Å². The predicted octanol–water partition coefficient (Wildman–Crippen LogP) is 6.01. The Morgan fingerprint density at radius 3 is 2.50 bits per heavy atom. The van der Waals surface area contributed by atoms with E-state index in [2.05, 4.69) is 42.4 Å². The molecule has 2 aromatic carbocycles. The summed E-state index contributed by atoms with van der Waals surface area (Å²) >= 11 is 0. The lowest BCUT2D eigenvalue weighted by molar-refractivity contribution is -0.115. The number of carbonyl (C=O) groups excluding carboxylic acids is 2. The lowest BCUT2D eigenvalue weighted by Crippen LogP contribution is -2.27. The zero-order valence-electron chi connectivity index (χ0n) is 21.1. The number of rotatable bonds is 8. The summed E-state index contributed by atoms with van der Waals surface area (Å²) in [5.74, 6) is -0.291. The maximum atomic E-state index is 13.6. The molecule has 4 rings (SSSR count). The first kappa shape index (κ1) is 25.1. The molecule has 0 saturated carbocycles. The number of amides is 1. The maximum absolute atomic E-state index is 13.6. The van der Waals surface area contributed by atoms with Crippen LogP contribution in [0, 0.1) is 5.92 Å². The van der Waals surface area contributed by atoms with E-state index in [4.69, 9.17) is 4.74 Å². The third-order valence-corrected chi connectivity index (χ3v) is 6.37. The molecule has 1 amide bonds. The number of carbonyl (C=O) groups is 2. The molecular weight excluding hydrogens is 448 g/mol. The van der Waals surface area contributed by atoms with Gasteiger partial charge in [0.25, 0.3) is 5.91 Å². The van der Waals surface area contributed by atoms with E-state index < -0.39 is 0 Å². The highest BCUT2D eigenvalue weighted by Gasteiger charge is 2.29. The predicted molar refractivity (Wildman–Crippen MR) is 143 cm³/mol. The van der Waals surface area contributed by atoms with Gasteiger partial charge >= 0.3 is 5.97 Å². The summed E-state index contributed by atoms with van der Waals surface area (Å²) in [5, 5.41) is 3.08. The number of esters is 1. The Kier molecular flexibility index (Phi) is 8.11. The molecule has 0 saturated heterocycles. The van der Waals surface area contributed by atoms with Gasteiger partial charge < -0.3 is 10.1 Å². The number of hydrogen-bond acceptors (Lipinski definition) is 4. The van der Waals surface area contributed by atoms with Crippen molar-refractivity contribution in [2.24, 2.45) is 5.92 Å². The molecule has 1 aliphatic rings. The lowest BCUT2D eigenvalue weighted by Gasteiger charge is -2.28. The SMILES string of the molecule is CCOC(=O)c1ccc2c(c1)/C(=C\Cc1ccccc1)CC(C(C)C)=C2C(=O)NCc1cccnc1. The minimum Gasteiger partial charge on any atom is -0.462 e. The van der Waals surface area contributed by atoms with Crippen LogP contribution in [0.3, 0.4) is 0 Å². The molecule has 184 valence electrons. The number of hydrogen-bond donors (Lipinski definition) is 1. The molecule has 36 heavy (non-hydrogen) atoms. The van der Waals surface area contributed by atoms with Crippen LogP contribution in [0.5, 0.6) is 0 Å². The molecule has 3 aromatic rings. The maximum Gasteiger partial charge on any atom is 0.338 e. The number of ether oxygens (including phenoxy) is 1. The van der Waals surface area contributed by atoms with Gasteiger partial charge in [0.2, 0.25) is 0 Å². The van der Waals surface area contributed by atoms with Crippen molar-refractivity contribution in [3.63, 3.8) is 0 Å². The van der Waals surface area contributed by atoms with E-state index in [0.717, 1.165) is 34.3 Å². The molecule has 0 unspecified atom stereocenters. The van der Waals surface area contributed by atoms with Crippen LogP contribution in [-0.2, 0) is 22.5 Å². The molecule has 5 heteroatoms. The zero-order chi connectivity index (χ0) is 25.5. The van der Waals surface area contributed by atoms with Crippen LogP contribution in [0.1, 0.15) is 59.8 Å². The van der Waals surface area contributed by atoms with Crippen molar-refractivity contribution in [1.29, 1.82) is 0 Å². The molecule has 0 fully saturated rings. The molecule has 1 aromatic heterocycles. The second kappa shape index (κ2) is 11.6. The third-order valence-electron chi connectivity index (χ3n) is 6.37. The Labute approximate surface area is 212 Å². The Bertz CT molecular complexity index is 1290. The highest BCUT2D eigenvalue weighted by atomic mass is 16.5. The standard InChI is InChI=1S/C31H32N2O3/c1-4-36-31(35)25-14-15-26-28(18-25)24(13-12-22-9-6-5-7-10-22)17-27(21(2)3)29(26)30(34)33-20-23-11-8-16-32-19-23/h5-11,13-16,18-19,21H,4,12,17,20H2,1-3H3,(H,33,34)/b24-13-. The van der Waals surface area contributed by atoms with Crippen molar-refractivity contribution < 1.29 is 14.3 Å². The first-order valence-electron chi connectivity index (χ1n) is 12.4. The second-order valence-corrected chi connectivity index (χ2v) is 9.18. The Morgan fingerprint density at radius 2 is 1.81 bits per heavy atom. The summed E-state index contributed by atoms with van der Waals surface area (Å²) in [6, 6.07) is 19.6. The van der Waals surface area contributed by atoms with Crippen LogP contribution < -0.4 is 5.32 Å². The molecule has 0 radical (unpaired) electrons. The van der Waals surface area contributed by atoms with E-state index >= 15 is 0 Å². The quantitative estimate of drug-likeness (QED) is 0.401. The molecular formula is C31H32N2O3. The van der Waals surface area contributed by atoms with Crippen molar-refractivity contribution in [1.82, 2.24) is 10.3 Å². The number of aromatic nitrogens is 1. The number of fused-ring (bicyclic) bond motifs is 1. The van der Waals surface area contributed by atoms with Crippen LogP contribution in [0.15, 0.2) is 84.7 Å². The topological polar surface area (TPSA) is 68.3 Å². The first-order chi connectivity index (χ1) is 17.5. The normalized spacial score (nSPS) is 14.1. The fourth-order valence-electron chi connectivity index (χ4n) is 4.50. The van der Waals surface area contributed by atoms with Crippen molar-refractivity contribution in [2.45, 2.75) is 40.2 Å². The molecule has 1 N–H and O–H groups in total. The lowest BCUT2D eigenvalue weighted by atomic mass is 9.77. The monoisotopic (exact) mass is 480 g/mol. The van der Waals surface area contributed by atoms with Gasteiger partial charge in [0.05, 0.1) is 12.2 Å². The van der Waals surface area contributed by atoms with Crippen LogP contribution in [0.2, 0.25) is 0 Å². The highest BCUT2D eigenvalue weighted by Crippen LogP contribution is 2.42. The summed E-state index contributed by atoms with van der Waals surface area (Å²) in [7, 11) is 0. The highest BCUT2D eigenvalue weighted by molar-refractivity contribution is 6.23. The first-order valence-corrected chi connectivity index (χ1v) is 12.4. The fourth-order valence-corrected chi connectivity index (χ4v) is 4.50. The Hall–Kier alpha value is -3.99. The average molecular weight is 481 g/mol. The van der Waals surface area contributed by atoms with Gasteiger partial charge in [-0.1, -0.05) is 62.4 Å². The largest absolute Gasteiger partial charge is 0.462 e. The van der Waals surface area contributed by atoms with E-state index in [1.165, 1.54) is 5.56 Å². The van der Waals surface area contributed by atoms with Gasteiger partial charge in [-0.05, 0) is 77.3 Å². The Balaban J connectivity index is 1.75. The summed E-state index contributed by atoms with van der Waals surface area (Å²) in [6.07, 6.45) is 7.11. The fraction of sp³-hybridized carbons (Fsp3) is 0.258. The van der Waals surface area contributed by atoms with E-state index in [0.29, 0.717) is 30.7 Å². The van der Waals surface area contributed by atoms with E-state index in [1.54, 1.807) is 25.4 Å². The van der Waals surface area contributed by atoms with Crippen molar-refractivity contribution in [3.05, 3.63) is 113 Å². The summed E-state index contributed by atoms with van der Waals surface area (Å²) in [5.41, 5.74) is 7.30. The number of nitrogens with one attached hydrogen (secondary N) is 1. The summed E-state index contributed by atoms with van der Waals surface area (Å²) < 4.78 is 5.25. The minimum absolute atomic E-state index is 0.116. The summed E-state index contributed by atoms with van der Waals surface area (Å²) in [4.78, 5) is 30.2. The average Bonchev–Trinajstić information content (AvgIpc) is 2.91. The Morgan fingerprint density at radius 1 is 1.03 bits per heavy atom. The van der Waals surface area contributed by atoms with Gasteiger partial charge in [-0.15, -0.1) is 0 Å². The molecule has 0 aliphatic heterocycles. The van der Waals surface area contributed by atoms with Crippen LogP contribution >= 0.6 is 0 Å². The second-order valence-electron chi connectivity index (χ2n) is 9.18. The van der Waals surface area contributed by atoms with E-state index in [9.17, 15) is 9.59 Å². The molecule has 0 atom stereocenters. The number of nitrogens with zero attached hydrogens (tertiary/aromatic N) is 1. The third kappa shape index (κ3) is 5.80. The van der Waals surface area contributed by atoms with Gasteiger partial charge in [0.15, 0.2) is 0 Å². The van der Waals surface area contributed by atoms with E-state index in [-0.39, 0.29) is 17.8 Å². The molecule has 1 aliphatic carbocycles. The van der Waals surface area contributed by atoms with Crippen LogP contribution in [0.25, 0.3) is 11.1 Å². The van der Waals surface area contributed by atoms with Crippen molar-refractivity contribution in [2.75, 3.05) is 6.61 Å². The van der Waals surface area contributed by atoms with Crippen molar-refractivity contribution in [3.8, 4) is 0 Å². The minimum atomic E-state index is -0.357. The van der Waals surface area contributed by atoms with Gasteiger partial charge in [0, 0.05) is 24.5 Å². The zero-order valence-corrected chi connectivity index (χ0v) is 21.1. The van der Waals surface area contributed by atoms with Crippen molar-refractivity contribution >= 4 is 23.0 Å². The number of allylic oxidation sites excluding steroid dienone is 3. The summed E-state index contributed by atoms with van der Waals surface area (Å²) in [6.45, 7) is 6.75. The molecule has 1 heterocycles. The van der Waals surface area contributed by atoms with Gasteiger partial charge in [-0.25, -0.2) is 4.79 Å². The molecule has 5 nitrogen and oxygen atoms in total. The van der Waals surface area contributed by atoms with Gasteiger partial charge in [-0.2, -0.15) is 0 Å².